The second-order valence-corrected chi connectivity index (χ2v) is 8.79. The lowest BCUT2D eigenvalue weighted by Gasteiger charge is -2.40. The van der Waals surface area contributed by atoms with Gasteiger partial charge in [0.2, 0.25) is 10.0 Å². The molecule has 1 fully saturated rings. The minimum atomic E-state index is -3.62. The molecule has 19 heavy (non-hydrogen) atoms. The number of rotatable bonds is 5. The SMILES string of the molecule is CSC1(CNS(=O)(=O)c2cc(Br)cnc2Cl)CCC1. The first-order valence-electron chi connectivity index (χ1n) is 5.74. The van der Waals surface area contributed by atoms with Crippen molar-refractivity contribution in [1.29, 1.82) is 0 Å². The molecule has 1 aliphatic rings. The molecule has 0 radical (unpaired) electrons. The summed E-state index contributed by atoms with van der Waals surface area (Å²) in [4.78, 5) is 3.85. The molecule has 0 spiro atoms. The van der Waals surface area contributed by atoms with Crippen LogP contribution in [-0.4, -0.2) is 30.9 Å². The topological polar surface area (TPSA) is 59.1 Å². The predicted molar refractivity (Wildman–Crippen MR) is 82.2 cm³/mol. The molecule has 1 aromatic heterocycles. The lowest BCUT2D eigenvalue weighted by atomic mass is 9.84. The molecule has 1 N–H and O–H groups in total. The van der Waals surface area contributed by atoms with Gasteiger partial charge < -0.3 is 0 Å². The summed E-state index contributed by atoms with van der Waals surface area (Å²) in [5, 5.41) is -0.0116. The minimum absolute atomic E-state index is 0.0116. The van der Waals surface area contributed by atoms with Gasteiger partial charge in [-0.3, -0.25) is 0 Å². The monoisotopic (exact) mass is 384 g/mol. The Hall–Kier alpha value is 0.180. The second-order valence-electron chi connectivity index (χ2n) is 4.51. The van der Waals surface area contributed by atoms with Crippen LogP contribution >= 0.6 is 39.3 Å². The summed E-state index contributed by atoms with van der Waals surface area (Å²) < 4.78 is 27.8. The number of pyridine rings is 1. The van der Waals surface area contributed by atoms with Crippen molar-refractivity contribution in [2.24, 2.45) is 0 Å². The summed E-state index contributed by atoms with van der Waals surface area (Å²) in [6.45, 7) is 0.430. The van der Waals surface area contributed by atoms with Gasteiger partial charge in [-0.05, 0) is 41.1 Å². The third-order valence-corrected chi connectivity index (χ3v) is 7.03. The van der Waals surface area contributed by atoms with Crippen LogP contribution in [0.25, 0.3) is 0 Å². The zero-order chi connectivity index (χ0) is 14.1. The maximum Gasteiger partial charge on any atom is 0.243 e. The predicted octanol–water partition coefficient (Wildman–Crippen LogP) is 3.06. The molecule has 0 atom stereocenters. The lowest BCUT2D eigenvalue weighted by molar-refractivity contribution is 0.362. The largest absolute Gasteiger partial charge is 0.243 e. The third kappa shape index (κ3) is 3.44. The van der Waals surface area contributed by atoms with Gasteiger partial charge in [0.25, 0.3) is 0 Å². The number of nitrogens with zero attached hydrogens (tertiary/aromatic N) is 1. The lowest BCUT2D eigenvalue weighted by Crippen LogP contribution is -2.45. The van der Waals surface area contributed by atoms with Crippen molar-refractivity contribution in [3.05, 3.63) is 21.9 Å². The first kappa shape index (κ1) is 15.6. The number of nitrogens with one attached hydrogen (secondary N) is 1. The highest BCUT2D eigenvalue weighted by Crippen LogP contribution is 2.42. The number of thioether (sulfide) groups is 1. The molecule has 8 heteroatoms. The average Bonchev–Trinajstić information content (AvgIpc) is 2.31. The molecular weight excluding hydrogens is 372 g/mol. The van der Waals surface area contributed by atoms with E-state index in [2.05, 4.69) is 25.6 Å². The Morgan fingerprint density at radius 1 is 1.58 bits per heavy atom. The fourth-order valence-corrected chi connectivity index (χ4v) is 4.99. The van der Waals surface area contributed by atoms with Crippen LogP contribution in [0.3, 0.4) is 0 Å². The van der Waals surface area contributed by atoms with Crippen molar-refractivity contribution in [3.63, 3.8) is 0 Å². The summed E-state index contributed by atoms with van der Waals surface area (Å²) in [6, 6.07) is 1.46. The van der Waals surface area contributed by atoms with Gasteiger partial charge in [0, 0.05) is 22.0 Å². The summed E-state index contributed by atoms with van der Waals surface area (Å²) in [5.41, 5.74) is 0. The normalized spacial score (nSPS) is 18.1. The molecule has 0 bridgehead atoms. The highest BCUT2D eigenvalue weighted by Gasteiger charge is 2.37. The van der Waals surface area contributed by atoms with Crippen LogP contribution in [-0.2, 0) is 10.0 Å². The maximum absolute atomic E-state index is 12.2. The molecular formula is C11H14BrClN2O2S2. The minimum Gasteiger partial charge on any atom is -0.242 e. The van der Waals surface area contributed by atoms with Gasteiger partial charge in [0.1, 0.15) is 10.0 Å². The smallest absolute Gasteiger partial charge is 0.242 e. The van der Waals surface area contributed by atoms with Crippen LogP contribution < -0.4 is 4.72 Å². The van der Waals surface area contributed by atoms with E-state index in [1.807, 2.05) is 6.26 Å². The Bertz CT molecular complexity index is 571. The van der Waals surface area contributed by atoms with E-state index in [0.717, 1.165) is 19.3 Å². The Morgan fingerprint density at radius 3 is 2.79 bits per heavy atom. The van der Waals surface area contributed by atoms with Crippen molar-refractivity contribution in [2.75, 3.05) is 12.8 Å². The Labute approximate surface area is 130 Å². The number of hydrogen-bond donors (Lipinski definition) is 1. The van der Waals surface area contributed by atoms with Crippen molar-refractivity contribution < 1.29 is 8.42 Å². The molecule has 1 saturated carbocycles. The van der Waals surface area contributed by atoms with E-state index < -0.39 is 10.0 Å². The first-order chi connectivity index (χ1) is 8.88. The van der Waals surface area contributed by atoms with Gasteiger partial charge in [-0.15, -0.1) is 0 Å². The maximum atomic E-state index is 12.2. The quantitative estimate of drug-likeness (QED) is 0.791. The van der Waals surface area contributed by atoms with E-state index in [0.29, 0.717) is 11.0 Å². The molecule has 1 heterocycles. The number of hydrogen-bond acceptors (Lipinski definition) is 4. The Morgan fingerprint density at radius 2 is 2.26 bits per heavy atom. The summed E-state index contributed by atoms with van der Waals surface area (Å²) >= 11 is 10.8. The molecule has 1 aliphatic carbocycles. The molecule has 4 nitrogen and oxygen atoms in total. The molecule has 0 amide bonds. The molecule has 1 aromatic rings. The summed E-state index contributed by atoms with van der Waals surface area (Å²) in [6.07, 6.45) is 6.72. The van der Waals surface area contributed by atoms with Crippen molar-refractivity contribution >= 4 is 49.3 Å². The van der Waals surface area contributed by atoms with Crippen molar-refractivity contribution in [1.82, 2.24) is 9.71 Å². The fourth-order valence-electron chi connectivity index (χ4n) is 1.92. The molecule has 0 aromatic carbocycles. The Balaban J connectivity index is 2.16. The van der Waals surface area contributed by atoms with E-state index in [9.17, 15) is 8.42 Å². The molecule has 106 valence electrons. The van der Waals surface area contributed by atoms with Crippen LogP contribution in [0.5, 0.6) is 0 Å². The first-order valence-corrected chi connectivity index (χ1v) is 9.62. The van der Waals surface area contributed by atoms with E-state index >= 15 is 0 Å². The van der Waals surface area contributed by atoms with Crippen LogP contribution in [0.1, 0.15) is 19.3 Å². The van der Waals surface area contributed by atoms with Gasteiger partial charge in [0.15, 0.2) is 0 Å². The van der Waals surface area contributed by atoms with E-state index in [1.54, 1.807) is 11.8 Å². The highest BCUT2D eigenvalue weighted by atomic mass is 79.9. The van der Waals surface area contributed by atoms with E-state index in [1.165, 1.54) is 12.3 Å². The van der Waals surface area contributed by atoms with Crippen LogP contribution in [0.15, 0.2) is 21.6 Å². The summed E-state index contributed by atoms with van der Waals surface area (Å²) in [5.74, 6) is 0. The summed E-state index contributed by atoms with van der Waals surface area (Å²) in [7, 11) is -3.62. The zero-order valence-electron chi connectivity index (χ0n) is 10.3. The van der Waals surface area contributed by atoms with Gasteiger partial charge in [-0.2, -0.15) is 11.8 Å². The van der Waals surface area contributed by atoms with Gasteiger partial charge in [0.05, 0.1) is 0 Å². The van der Waals surface area contributed by atoms with Crippen molar-refractivity contribution in [3.8, 4) is 0 Å². The fraction of sp³-hybridized carbons (Fsp3) is 0.545. The zero-order valence-corrected chi connectivity index (χ0v) is 14.3. The van der Waals surface area contributed by atoms with Crippen molar-refractivity contribution in [2.45, 2.75) is 28.9 Å². The average molecular weight is 386 g/mol. The molecule has 0 aliphatic heterocycles. The number of sulfonamides is 1. The standard InChI is InChI=1S/C11H14BrClN2O2S2/c1-18-11(3-2-4-11)7-15-19(16,17)9-5-8(12)6-14-10(9)13/h5-6,15H,2-4,7H2,1H3. The Kier molecular flexibility index (Phi) is 4.83. The van der Waals surface area contributed by atoms with E-state index in [-0.39, 0.29) is 14.8 Å². The number of halogens is 2. The van der Waals surface area contributed by atoms with E-state index in [4.69, 9.17) is 11.6 Å². The highest BCUT2D eigenvalue weighted by molar-refractivity contribution is 9.10. The number of aromatic nitrogens is 1. The second kappa shape index (κ2) is 5.89. The molecule has 2 rings (SSSR count). The van der Waals surface area contributed by atoms with Gasteiger partial charge in [-0.1, -0.05) is 18.0 Å². The third-order valence-electron chi connectivity index (χ3n) is 3.35. The molecule has 0 unspecified atom stereocenters. The van der Waals surface area contributed by atoms with Crippen LogP contribution in [0, 0.1) is 0 Å². The van der Waals surface area contributed by atoms with Gasteiger partial charge >= 0.3 is 0 Å². The van der Waals surface area contributed by atoms with Gasteiger partial charge in [-0.25, -0.2) is 18.1 Å². The van der Waals surface area contributed by atoms with Crippen LogP contribution in [0.4, 0.5) is 0 Å². The van der Waals surface area contributed by atoms with Crippen LogP contribution in [0.2, 0.25) is 5.15 Å². The molecule has 0 saturated heterocycles.